The second kappa shape index (κ2) is 9.30. The van der Waals surface area contributed by atoms with Gasteiger partial charge in [0.15, 0.2) is 5.82 Å². The summed E-state index contributed by atoms with van der Waals surface area (Å²) in [7, 11) is 0. The van der Waals surface area contributed by atoms with E-state index in [1.165, 1.54) is 38.4 Å². The summed E-state index contributed by atoms with van der Waals surface area (Å²) in [6, 6.07) is 2.69. The van der Waals surface area contributed by atoms with Gasteiger partial charge >= 0.3 is 0 Å². The van der Waals surface area contributed by atoms with Crippen molar-refractivity contribution in [1.82, 2.24) is 34.5 Å². The fraction of sp³-hybridized carbons (Fsp3) is 0.682. The summed E-state index contributed by atoms with van der Waals surface area (Å²) < 4.78 is 1.63. The van der Waals surface area contributed by atoms with Gasteiger partial charge in [0.25, 0.3) is 0 Å². The van der Waals surface area contributed by atoms with Crippen LogP contribution in [0.15, 0.2) is 25.0 Å². The lowest BCUT2D eigenvalue weighted by Crippen LogP contribution is -2.54. The van der Waals surface area contributed by atoms with Gasteiger partial charge in [-0.1, -0.05) is 19.3 Å². The first kappa shape index (κ1) is 20.4. The van der Waals surface area contributed by atoms with Crippen LogP contribution >= 0.6 is 0 Å². The van der Waals surface area contributed by atoms with Crippen LogP contribution in [0.2, 0.25) is 0 Å². The minimum atomic E-state index is 0.133. The maximum atomic E-state index is 13.1. The molecule has 0 bridgehead atoms. The number of anilines is 1. The Labute approximate surface area is 183 Å². The number of rotatable bonds is 4. The largest absolute Gasteiger partial charge is 0.356 e. The molecule has 1 saturated carbocycles. The molecule has 166 valence electrons. The van der Waals surface area contributed by atoms with Crippen LogP contribution in [0, 0.1) is 5.92 Å². The molecule has 0 spiro atoms. The van der Waals surface area contributed by atoms with E-state index in [-0.39, 0.29) is 5.92 Å². The average Bonchev–Trinajstić information content (AvgIpc) is 3.40. The molecule has 2 aromatic rings. The van der Waals surface area contributed by atoms with Crippen LogP contribution in [0.25, 0.3) is 5.82 Å². The molecule has 4 heterocycles. The van der Waals surface area contributed by atoms with Gasteiger partial charge in [0, 0.05) is 57.3 Å². The number of carbonyl (C=O) groups is 1. The minimum Gasteiger partial charge on any atom is -0.356 e. The standard InChI is InChI=1S/C22H32N8O/c31-22(29-12-10-27(11-13-29)19-4-2-1-3-5-19)18-6-8-28(9-7-18)20-14-21(25-16-24-20)30-17-23-15-26-30/h14-19H,1-13H2. The molecule has 3 fully saturated rings. The quantitative estimate of drug-likeness (QED) is 0.739. The molecule has 5 rings (SSSR count). The van der Waals surface area contributed by atoms with Crippen LogP contribution in [0.4, 0.5) is 5.82 Å². The molecule has 9 heteroatoms. The molecule has 0 radical (unpaired) electrons. The van der Waals surface area contributed by atoms with Gasteiger partial charge < -0.3 is 9.80 Å². The Morgan fingerprint density at radius 2 is 1.58 bits per heavy atom. The Kier molecular flexibility index (Phi) is 6.11. The summed E-state index contributed by atoms with van der Waals surface area (Å²) in [5.41, 5.74) is 0. The van der Waals surface area contributed by atoms with Crippen molar-refractivity contribution in [3.63, 3.8) is 0 Å². The highest BCUT2D eigenvalue weighted by molar-refractivity contribution is 5.79. The van der Waals surface area contributed by atoms with Gasteiger partial charge in [-0.25, -0.2) is 19.6 Å². The number of amides is 1. The topological polar surface area (TPSA) is 83.3 Å². The predicted molar refractivity (Wildman–Crippen MR) is 117 cm³/mol. The summed E-state index contributed by atoms with van der Waals surface area (Å²) in [5.74, 6) is 2.08. The van der Waals surface area contributed by atoms with Crippen LogP contribution in [0.1, 0.15) is 44.9 Å². The number of carbonyl (C=O) groups excluding carboxylic acids is 1. The molecule has 2 aromatic heterocycles. The maximum Gasteiger partial charge on any atom is 0.225 e. The third-order valence-electron chi connectivity index (χ3n) is 7.18. The maximum absolute atomic E-state index is 13.1. The van der Waals surface area contributed by atoms with Gasteiger partial charge in [0.2, 0.25) is 5.91 Å². The van der Waals surface area contributed by atoms with Crippen molar-refractivity contribution in [3.8, 4) is 5.82 Å². The lowest BCUT2D eigenvalue weighted by Gasteiger charge is -2.42. The highest BCUT2D eigenvalue weighted by atomic mass is 16.2. The van der Waals surface area contributed by atoms with E-state index in [1.807, 2.05) is 6.07 Å². The zero-order chi connectivity index (χ0) is 21.0. The molecule has 0 unspecified atom stereocenters. The van der Waals surface area contributed by atoms with Gasteiger partial charge in [-0.05, 0) is 25.7 Å². The normalized spacial score (nSPS) is 22.1. The molecule has 2 saturated heterocycles. The summed E-state index contributed by atoms with van der Waals surface area (Å²) in [5, 5.41) is 4.14. The Balaban J connectivity index is 1.12. The first-order chi connectivity index (χ1) is 15.3. The second-order valence-corrected chi connectivity index (χ2v) is 8.99. The van der Waals surface area contributed by atoms with Crippen molar-refractivity contribution in [2.24, 2.45) is 5.92 Å². The Morgan fingerprint density at radius 1 is 0.839 bits per heavy atom. The number of aromatic nitrogens is 5. The van der Waals surface area contributed by atoms with Gasteiger partial charge in [0.1, 0.15) is 24.8 Å². The van der Waals surface area contributed by atoms with Crippen molar-refractivity contribution in [2.75, 3.05) is 44.2 Å². The molecule has 1 aliphatic carbocycles. The van der Waals surface area contributed by atoms with E-state index in [4.69, 9.17) is 0 Å². The van der Waals surface area contributed by atoms with Gasteiger partial charge in [-0.2, -0.15) is 5.10 Å². The number of hydrogen-bond acceptors (Lipinski definition) is 7. The van der Waals surface area contributed by atoms with Crippen molar-refractivity contribution in [1.29, 1.82) is 0 Å². The highest BCUT2D eigenvalue weighted by Crippen LogP contribution is 2.26. The summed E-state index contributed by atoms with van der Waals surface area (Å²) in [4.78, 5) is 32.8. The van der Waals surface area contributed by atoms with Crippen molar-refractivity contribution in [2.45, 2.75) is 51.0 Å². The first-order valence-electron chi connectivity index (χ1n) is 11.7. The molecule has 2 aliphatic heterocycles. The molecule has 0 N–H and O–H groups in total. The van der Waals surface area contributed by atoms with Crippen molar-refractivity contribution < 1.29 is 4.79 Å². The fourth-order valence-electron chi connectivity index (χ4n) is 5.33. The number of hydrogen-bond donors (Lipinski definition) is 0. The number of nitrogens with zero attached hydrogens (tertiary/aromatic N) is 8. The third kappa shape index (κ3) is 4.56. The Morgan fingerprint density at radius 3 is 2.29 bits per heavy atom. The van der Waals surface area contributed by atoms with E-state index in [1.54, 1.807) is 17.3 Å². The lowest BCUT2D eigenvalue weighted by molar-refractivity contribution is -0.138. The van der Waals surface area contributed by atoms with E-state index in [2.05, 4.69) is 34.8 Å². The number of piperazine rings is 1. The molecule has 3 aliphatic rings. The van der Waals surface area contributed by atoms with E-state index < -0.39 is 0 Å². The minimum absolute atomic E-state index is 0.133. The molecule has 9 nitrogen and oxygen atoms in total. The molecule has 1 amide bonds. The first-order valence-corrected chi connectivity index (χ1v) is 11.7. The van der Waals surface area contributed by atoms with Crippen molar-refractivity contribution >= 4 is 11.7 Å². The highest BCUT2D eigenvalue weighted by Gasteiger charge is 2.32. The Hall–Kier alpha value is -2.55. The molecular formula is C22H32N8O. The zero-order valence-electron chi connectivity index (χ0n) is 18.1. The zero-order valence-corrected chi connectivity index (χ0v) is 18.1. The van der Waals surface area contributed by atoms with Crippen LogP contribution in [0.5, 0.6) is 0 Å². The van der Waals surface area contributed by atoms with Crippen LogP contribution in [-0.2, 0) is 4.79 Å². The van der Waals surface area contributed by atoms with Crippen LogP contribution in [-0.4, -0.2) is 85.7 Å². The predicted octanol–water partition coefficient (Wildman–Crippen LogP) is 1.75. The van der Waals surface area contributed by atoms with Gasteiger partial charge in [-0.15, -0.1) is 0 Å². The average molecular weight is 425 g/mol. The van der Waals surface area contributed by atoms with Crippen LogP contribution < -0.4 is 4.90 Å². The second-order valence-electron chi connectivity index (χ2n) is 8.99. The molecule has 0 aromatic carbocycles. The van der Waals surface area contributed by atoms with E-state index in [9.17, 15) is 4.79 Å². The Bertz CT molecular complexity index is 850. The summed E-state index contributed by atoms with van der Waals surface area (Å²) >= 11 is 0. The monoisotopic (exact) mass is 424 g/mol. The van der Waals surface area contributed by atoms with Crippen molar-refractivity contribution in [3.05, 3.63) is 25.0 Å². The summed E-state index contributed by atoms with van der Waals surface area (Å²) in [6.45, 7) is 5.55. The van der Waals surface area contributed by atoms with Gasteiger partial charge in [-0.3, -0.25) is 9.69 Å². The SMILES string of the molecule is O=C(C1CCN(c2cc(-n3cncn3)ncn2)CC1)N1CCN(C2CCCCC2)CC1. The fourth-order valence-corrected chi connectivity index (χ4v) is 5.33. The van der Waals surface area contributed by atoms with Gasteiger partial charge in [0.05, 0.1) is 0 Å². The molecular weight excluding hydrogens is 392 g/mol. The molecule has 31 heavy (non-hydrogen) atoms. The lowest BCUT2D eigenvalue weighted by atomic mass is 9.93. The van der Waals surface area contributed by atoms with E-state index in [0.29, 0.717) is 11.7 Å². The van der Waals surface area contributed by atoms with E-state index in [0.717, 1.165) is 64.0 Å². The van der Waals surface area contributed by atoms with E-state index >= 15 is 0 Å². The number of piperidine rings is 1. The summed E-state index contributed by atoms with van der Waals surface area (Å²) in [6.07, 6.45) is 13.3. The third-order valence-corrected chi connectivity index (χ3v) is 7.18. The van der Waals surface area contributed by atoms with Crippen LogP contribution in [0.3, 0.4) is 0 Å². The smallest absolute Gasteiger partial charge is 0.225 e. The molecule has 0 atom stereocenters.